The molecule has 0 saturated heterocycles. The van der Waals surface area contributed by atoms with Crippen molar-refractivity contribution in [3.63, 3.8) is 0 Å². The van der Waals surface area contributed by atoms with Crippen molar-refractivity contribution in [2.45, 2.75) is 39.7 Å². The lowest BCUT2D eigenvalue weighted by Gasteiger charge is -2.16. The number of hydrogen-bond acceptors (Lipinski definition) is 7. The molecule has 0 unspecified atom stereocenters. The number of anilines is 1. The normalized spacial score (nSPS) is 14.2. The van der Waals surface area contributed by atoms with E-state index < -0.39 is 0 Å². The molecule has 32 heavy (non-hydrogen) atoms. The highest BCUT2D eigenvalue weighted by Crippen LogP contribution is 2.29. The number of hydrogen-bond donors (Lipinski definition) is 4. The van der Waals surface area contributed by atoms with Crippen molar-refractivity contribution in [3.8, 4) is 5.75 Å². The second-order valence-corrected chi connectivity index (χ2v) is 8.81. The van der Waals surface area contributed by atoms with Gasteiger partial charge in [0.15, 0.2) is 0 Å². The first-order chi connectivity index (χ1) is 15.2. The summed E-state index contributed by atoms with van der Waals surface area (Å²) in [6, 6.07) is 3.70. The summed E-state index contributed by atoms with van der Waals surface area (Å²) in [5, 5.41) is 16.0. The number of thiazole rings is 1. The molecule has 1 aliphatic rings. The summed E-state index contributed by atoms with van der Waals surface area (Å²) in [6.45, 7) is 5.55. The van der Waals surface area contributed by atoms with E-state index in [9.17, 15) is 14.7 Å². The molecule has 1 aromatic heterocycles. The van der Waals surface area contributed by atoms with E-state index >= 15 is 0 Å². The van der Waals surface area contributed by atoms with E-state index in [1.54, 1.807) is 37.1 Å². The number of aromatic hydroxyl groups is 1. The molecule has 1 fully saturated rings. The Labute approximate surface area is 191 Å². The molecule has 1 heterocycles. The van der Waals surface area contributed by atoms with Crippen LogP contribution < -0.4 is 16.4 Å². The Bertz CT molecular complexity index is 1090. The maximum absolute atomic E-state index is 12.6. The molecule has 170 valence electrons. The fraction of sp³-hybridized carbons (Fsp3) is 0.364. The van der Waals surface area contributed by atoms with Gasteiger partial charge in [-0.25, -0.2) is 9.98 Å². The van der Waals surface area contributed by atoms with Crippen LogP contribution in [0.4, 0.5) is 10.8 Å². The minimum absolute atomic E-state index is 0.0276. The molecule has 0 spiro atoms. The van der Waals surface area contributed by atoms with Crippen LogP contribution in [0.3, 0.4) is 0 Å². The monoisotopic (exact) mass is 456 g/mol. The summed E-state index contributed by atoms with van der Waals surface area (Å²) in [4.78, 5) is 35.2. The Morgan fingerprint density at radius 3 is 2.78 bits per heavy atom. The molecule has 0 atom stereocenters. The third kappa shape index (κ3) is 5.64. The molecule has 5 N–H and O–H groups in total. The van der Waals surface area contributed by atoms with Gasteiger partial charge in [0.2, 0.25) is 11.0 Å². The molecule has 1 saturated carbocycles. The third-order valence-corrected chi connectivity index (χ3v) is 6.17. The van der Waals surface area contributed by atoms with E-state index in [-0.39, 0.29) is 29.9 Å². The van der Waals surface area contributed by atoms with Gasteiger partial charge in [0.05, 0.1) is 18.4 Å². The number of nitrogens with two attached hydrogens (primary N) is 1. The number of amides is 2. The SMILES string of the molecule is CC(=C/NCC(=O)N(C)C1CC1)/C(N)=N\c1ncc(C(=O)Nc2c(C)ccc(O)c2C)s1. The minimum atomic E-state index is -0.341. The molecular weight excluding hydrogens is 428 g/mol. The van der Waals surface area contributed by atoms with Crippen molar-refractivity contribution in [2.24, 2.45) is 10.7 Å². The van der Waals surface area contributed by atoms with Crippen LogP contribution in [0.25, 0.3) is 0 Å². The van der Waals surface area contributed by atoms with Crippen LogP contribution in [0, 0.1) is 13.8 Å². The Hall–Kier alpha value is -3.40. The number of benzene rings is 1. The largest absolute Gasteiger partial charge is 0.508 e. The number of nitrogens with one attached hydrogen (secondary N) is 2. The lowest BCUT2D eigenvalue weighted by molar-refractivity contribution is -0.129. The standard InChI is InChI=1S/C22H28N6O3S/c1-12-5-8-16(29)14(3)19(12)26-21(31)17-10-25-22(32-17)27-20(23)13(2)9-24-11-18(30)28(4)15-6-7-15/h5,8-10,15,24,29H,6-7,11H2,1-4H3,(H,26,31)(H2,23,25,27)/b13-9-. The Morgan fingerprint density at radius 1 is 1.38 bits per heavy atom. The number of aryl methyl sites for hydroxylation is 1. The van der Waals surface area contributed by atoms with Crippen LogP contribution in [0.1, 0.15) is 40.6 Å². The average Bonchev–Trinajstić information content (AvgIpc) is 3.51. The van der Waals surface area contributed by atoms with Crippen LogP contribution in [0.5, 0.6) is 5.75 Å². The zero-order valence-corrected chi connectivity index (χ0v) is 19.4. The topological polar surface area (TPSA) is 133 Å². The predicted octanol–water partition coefficient (Wildman–Crippen LogP) is 2.82. The summed E-state index contributed by atoms with van der Waals surface area (Å²) >= 11 is 1.10. The van der Waals surface area contributed by atoms with Crippen LogP contribution >= 0.6 is 11.3 Å². The van der Waals surface area contributed by atoms with Crippen molar-refractivity contribution in [2.75, 3.05) is 18.9 Å². The zero-order valence-electron chi connectivity index (χ0n) is 18.6. The second-order valence-electron chi connectivity index (χ2n) is 7.80. The quantitative estimate of drug-likeness (QED) is 0.357. The molecule has 2 aromatic rings. The number of carbonyl (C=O) groups excluding carboxylic acids is 2. The lowest BCUT2D eigenvalue weighted by atomic mass is 10.1. The first-order valence-corrected chi connectivity index (χ1v) is 11.1. The van der Waals surface area contributed by atoms with Gasteiger partial charge < -0.3 is 26.4 Å². The number of rotatable bonds is 8. The molecular formula is C22H28N6O3S. The van der Waals surface area contributed by atoms with E-state index in [0.29, 0.717) is 32.9 Å². The summed E-state index contributed by atoms with van der Waals surface area (Å²) in [7, 11) is 1.81. The first kappa shape index (κ1) is 23.3. The first-order valence-electron chi connectivity index (χ1n) is 10.2. The Balaban J connectivity index is 1.61. The van der Waals surface area contributed by atoms with E-state index in [0.717, 1.165) is 29.7 Å². The number of carbonyl (C=O) groups is 2. The highest BCUT2D eigenvalue weighted by molar-refractivity contribution is 7.17. The van der Waals surface area contributed by atoms with E-state index in [1.807, 2.05) is 14.0 Å². The molecule has 0 radical (unpaired) electrons. The number of nitrogens with zero attached hydrogens (tertiary/aromatic N) is 3. The van der Waals surface area contributed by atoms with Gasteiger partial charge in [-0.15, -0.1) is 0 Å². The summed E-state index contributed by atoms with van der Waals surface area (Å²) < 4.78 is 0. The van der Waals surface area contributed by atoms with Crippen molar-refractivity contribution in [3.05, 3.63) is 46.1 Å². The molecule has 1 aromatic carbocycles. The van der Waals surface area contributed by atoms with E-state index in [1.165, 1.54) is 6.20 Å². The van der Waals surface area contributed by atoms with Crippen molar-refractivity contribution >= 4 is 39.8 Å². The maximum atomic E-state index is 12.6. The predicted molar refractivity (Wildman–Crippen MR) is 126 cm³/mol. The smallest absolute Gasteiger partial charge is 0.267 e. The molecule has 10 heteroatoms. The maximum Gasteiger partial charge on any atom is 0.267 e. The zero-order chi connectivity index (χ0) is 23.4. The van der Waals surface area contributed by atoms with Gasteiger partial charge in [0.1, 0.15) is 16.5 Å². The number of aromatic nitrogens is 1. The van der Waals surface area contributed by atoms with Crippen molar-refractivity contribution in [1.82, 2.24) is 15.2 Å². The van der Waals surface area contributed by atoms with Crippen molar-refractivity contribution < 1.29 is 14.7 Å². The van der Waals surface area contributed by atoms with Crippen LogP contribution in [0.2, 0.25) is 0 Å². The number of phenolic OH excluding ortho intramolecular Hbond substituents is 1. The van der Waals surface area contributed by atoms with Gasteiger partial charge in [0.25, 0.3) is 5.91 Å². The summed E-state index contributed by atoms with van der Waals surface area (Å²) in [5.41, 5.74) is 8.70. The average molecular weight is 457 g/mol. The molecule has 0 aliphatic heterocycles. The van der Waals surface area contributed by atoms with Crippen molar-refractivity contribution in [1.29, 1.82) is 0 Å². The fourth-order valence-corrected chi connectivity index (χ4v) is 3.67. The second kappa shape index (κ2) is 9.82. The lowest BCUT2D eigenvalue weighted by Crippen LogP contribution is -2.35. The fourth-order valence-electron chi connectivity index (χ4n) is 2.97. The molecule has 9 nitrogen and oxygen atoms in total. The molecule has 3 rings (SSSR count). The highest BCUT2D eigenvalue weighted by Gasteiger charge is 2.29. The van der Waals surface area contributed by atoms with Gasteiger partial charge >= 0.3 is 0 Å². The Kier molecular flexibility index (Phi) is 7.14. The number of aliphatic imine (C=N–C) groups is 1. The van der Waals surface area contributed by atoms with Gasteiger partial charge in [-0.2, -0.15) is 0 Å². The van der Waals surface area contributed by atoms with Crippen LogP contribution in [0.15, 0.2) is 35.1 Å². The minimum Gasteiger partial charge on any atom is -0.508 e. The van der Waals surface area contributed by atoms with Gasteiger partial charge in [-0.1, -0.05) is 17.4 Å². The van der Waals surface area contributed by atoms with Gasteiger partial charge in [0, 0.05) is 30.4 Å². The van der Waals surface area contributed by atoms with Crippen LogP contribution in [-0.2, 0) is 4.79 Å². The molecule has 1 aliphatic carbocycles. The summed E-state index contributed by atoms with van der Waals surface area (Å²) in [6.07, 6.45) is 5.21. The number of likely N-dealkylation sites (N-methyl/N-ethyl adjacent to an activating group) is 1. The Morgan fingerprint density at radius 2 is 2.09 bits per heavy atom. The third-order valence-electron chi connectivity index (χ3n) is 5.28. The molecule has 2 amide bonds. The van der Waals surface area contributed by atoms with Gasteiger partial charge in [-0.3, -0.25) is 9.59 Å². The number of phenols is 1. The van der Waals surface area contributed by atoms with E-state index in [2.05, 4.69) is 20.6 Å². The van der Waals surface area contributed by atoms with E-state index in [4.69, 9.17) is 5.73 Å². The van der Waals surface area contributed by atoms with Gasteiger partial charge in [-0.05, 0) is 45.2 Å². The van der Waals surface area contributed by atoms with Crippen LogP contribution in [-0.4, -0.2) is 52.3 Å². The number of amidine groups is 1. The summed E-state index contributed by atoms with van der Waals surface area (Å²) in [5.74, 6) is 0.0397. The highest BCUT2D eigenvalue weighted by atomic mass is 32.1. The molecule has 0 bridgehead atoms.